The van der Waals surface area contributed by atoms with Gasteiger partial charge in [0.05, 0.1) is 17.8 Å². The number of aromatic nitrogens is 1. The number of amides is 1. The van der Waals surface area contributed by atoms with Crippen LogP contribution in [-0.4, -0.2) is 25.0 Å². The zero-order valence-electron chi connectivity index (χ0n) is 11.4. The molecule has 2 N–H and O–H groups in total. The minimum Gasteiger partial charge on any atom is -0.495 e. The van der Waals surface area contributed by atoms with E-state index in [2.05, 4.69) is 31.5 Å². The Kier molecular flexibility index (Phi) is 5.03. The maximum atomic E-state index is 12.3. The zero-order valence-corrected chi connectivity index (χ0v) is 13.7. The van der Waals surface area contributed by atoms with Gasteiger partial charge in [0, 0.05) is 11.5 Å². The van der Waals surface area contributed by atoms with E-state index in [0.717, 1.165) is 4.47 Å². The van der Waals surface area contributed by atoms with Crippen LogP contribution in [0.5, 0.6) is 5.75 Å². The molecule has 0 aliphatic carbocycles. The fraction of sp³-hybridized carbons (Fsp3) is 0.143. The maximum absolute atomic E-state index is 12.3. The lowest BCUT2D eigenvalue weighted by atomic mass is 10.2. The van der Waals surface area contributed by atoms with Crippen LogP contribution in [0.15, 0.2) is 34.8 Å². The number of methoxy groups -OCH3 is 1. The van der Waals surface area contributed by atoms with E-state index >= 15 is 0 Å². The molecule has 0 radical (unpaired) electrons. The first-order valence-electron chi connectivity index (χ1n) is 6.04. The summed E-state index contributed by atoms with van der Waals surface area (Å²) in [4.78, 5) is 16.5. The van der Waals surface area contributed by atoms with Gasteiger partial charge in [0.15, 0.2) is 0 Å². The summed E-state index contributed by atoms with van der Waals surface area (Å²) < 4.78 is 6.03. The summed E-state index contributed by atoms with van der Waals surface area (Å²) in [6, 6.07) is 8.62. The van der Waals surface area contributed by atoms with E-state index in [1.165, 1.54) is 7.11 Å². The van der Waals surface area contributed by atoms with E-state index in [1.807, 2.05) is 6.07 Å². The molecule has 0 atom stereocenters. The number of hydrogen-bond donors (Lipinski definition) is 2. The van der Waals surface area contributed by atoms with Gasteiger partial charge >= 0.3 is 0 Å². The standard InChI is InChI=1S/C14H13BrClN3O2/c1-17-12-6-4-9(16)13(19-12)14(20)18-10-7-8(15)3-5-11(10)21-2/h3-7H,1-2H3,(H,17,19)(H,18,20). The molecule has 1 aromatic carbocycles. The van der Waals surface area contributed by atoms with Crippen molar-refractivity contribution >= 4 is 44.9 Å². The van der Waals surface area contributed by atoms with Gasteiger partial charge in [-0.2, -0.15) is 0 Å². The van der Waals surface area contributed by atoms with Crippen molar-refractivity contribution in [2.45, 2.75) is 0 Å². The quantitative estimate of drug-likeness (QED) is 0.859. The molecule has 1 aromatic heterocycles. The number of ether oxygens (including phenoxy) is 1. The van der Waals surface area contributed by atoms with Crippen molar-refractivity contribution in [1.29, 1.82) is 0 Å². The first-order chi connectivity index (χ1) is 10.0. The van der Waals surface area contributed by atoms with Crippen molar-refractivity contribution < 1.29 is 9.53 Å². The Bertz CT molecular complexity index is 679. The number of hydrogen-bond acceptors (Lipinski definition) is 4. The van der Waals surface area contributed by atoms with Crippen molar-refractivity contribution in [1.82, 2.24) is 4.98 Å². The highest BCUT2D eigenvalue weighted by Crippen LogP contribution is 2.29. The summed E-state index contributed by atoms with van der Waals surface area (Å²) in [6.45, 7) is 0. The van der Waals surface area contributed by atoms with Gasteiger partial charge in [0.2, 0.25) is 0 Å². The van der Waals surface area contributed by atoms with E-state index < -0.39 is 5.91 Å². The summed E-state index contributed by atoms with van der Waals surface area (Å²) in [5.41, 5.74) is 0.676. The van der Waals surface area contributed by atoms with E-state index in [1.54, 1.807) is 31.3 Å². The van der Waals surface area contributed by atoms with Crippen molar-refractivity contribution in [3.05, 3.63) is 45.5 Å². The normalized spacial score (nSPS) is 10.1. The number of benzene rings is 1. The topological polar surface area (TPSA) is 63.2 Å². The van der Waals surface area contributed by atoms with Crippen LogP contribution in [0.3, 0.4) is 0 Å². The smallest absolute Gasteiger partial charge is 0.276 e. The molecule has 0 fully saturated rings. The van der Waals surface area contributed by atoms with Crippen LogP contribution in [-0.2, 0) is 0 Å². The third kappa shape index (κ3) is 3.65. The second kappa shape index (κ2) is 6.78. The number of halogens is 2. The molecule has 5 nitrogen and oxygen atoms in total. The number of nitrogens with one attached hydrogen (secondary N) is 2. The molecular weight excluding hydrogens is 358 g/mol. The number of pyridine rings is 1. The van der Waals surface area contributed by atoms with Crippen molar-refractivity contribution in [3.63, 3.8) is 0 Å². The Morgan fingerprint density at radius 2 is 2.10 bits per heavy atom. The lowest BCUT2D eigenvalue weighted by molar-refractivity contribution is 0.102. The highest BCUT2D eigenvalue weighted by molar-refractivity contribution is 9.10. The van der Waals surface area contributed by atoms with Crippen LogP contribution in [0.2, 0.25) is 5.02 Å². The Hall–Kier alpha value is -1.79. The number of carbonyl (C=O) groups is 1. The predicted octanol–water partition coefficient (Wildman–Crippen LogP) is 3.80. The molecule has 1 heterocycles. The van der Waals surface area contributed by atoms with Gasteiger partial charge in [-0.25, -0.2) is 4.98 Å². The average molecular weight is 371 g/mol. The van der Waals surface area contributed by atoms with E-state index in [-0.39, 0.29) is 10.7 Å². The molecule has 7 heteroatoms. The molecule has 21 heavy (non-hydrogen) atoms. The zero-order chi connectivity index (χ0) is 15.4. The third-order valence-electron chi connectivity index (χ3n) is 2.73. The van der Waals surface area contributed by atoms with Gasteiger partial charge in [-0.05, 0) is 30.3 Å². The summed E-state index contributed by atoms with van der Waals surface area (Å²) >= 11 is 9.38. The summed E-state index contributed by atoms with van der Waals surface area (Å²) in [5, 5.41) is 5.88. The van der Waals surface area contributed by atoms with Gasteiger partial charge in [-0.1, -0.05) is 27.5 Å². The maximum Gasteiger partial charge on any atom is 0.276 e. The summed E-state index contributed by atoms with van der Waals surface area (Å²) in [5.74, 6) is 0.701. The van der Waals surface area contributed by atoms with Gasteiger partial charge in [0.1, 0.15) is 17.3 Å². The predicted molar refractivity (Wildman–Crippen MR) is 87.4 cm³/mol. The molecular formula is C14H13BrClN3O2. The number of nitrogens with zero attached hydrogens (tertiary/aromatic N) is 1. The Labute approximate surface area is 135 Å². The van der Waals surface area contributed by atoms with Gasteiger partial charge < -0.3 is 15.4 Å². The van der Waals surface area contributed by atoms with Crippen LogP contribution in [0.25, 0.3) is 0 Å². The minimum atomic E-state index is -0.409. The first-order valence-corrected chi connectivity index (χ1v) is 7.21. The van der Waals surface area contributed by atoms with Crippen LogP contribution in [0.4, 0.5) is 11.5 Å². The van der Waals surface area contributed by atoms with Crippen LogP contribution in [0.1, 0.15) is 10.5 Å². The fourth-order valence-corrected chi connectivity index (χ4v) is 2.25. The molecule has 0 saturated carbocycles. The number of anilines is 2. The molecule has 0 spiro atoms. The highest BCUT2D eigenvalue weighted by atomic mass is 79.9. The molecule has 0 aliphatic rings. The first kappa shape index (κ1) is 15.6. The average Bonchev–Trinajstić information content (AvgIpc) is 2.48. The van der Waals surface area contributed by atoms with Crippen molar-refractivity contribution in [3.8, 4) is 5.75 Å². The number of rotatable bonds is 4. The summed E-state index contributed by atoms with van der Waals surface area (Å²) in [7, 11) is 3.25. The molecule has 0 aliphatic heterocycles. The monoisotopic (exact) mass is 369 g/mol. The Morgan fingerprint density at radius 1 is 1.33 bits per heavy atom. The van der Waals surface area contributed by atoms with Crippen LogP contribution < -0.4 is 15.4 Å². The van der Waals surface area contributed by atoms with Crippen molar-refractivity contribution in [2.75, 3.05) is 24.8 Å². The van der Waals surface area contributed by atoms with Gasteiger partial charge in [-0.3, -0.25) is 4.79 Å². The van der Waals surface area contributed by atoms with E-state index in [9.17, 15) is 4.79 Å². The van der Waals surface area contributed by atoms with Gasteiger partial charge in [0.25, 0.3) is 5.91 Å². The van der Waals surface area contributed by atoms with E-state index in [4.69, 9.17) is 16.3 Å². The Morgan fingerprint density at radius 3 is 2.76 bits per heavy atom. The molecule has 0 saturated heterocycles. The highest BCUT2D eigenvalue weighted by Gasteiger charge is 2.15. The fourth-order valence-electron chi connectivity index (χ4n) is 1.70. The molecule has 1 amide bonds. The second-order valence-corrected chi connectivity index (χ2v) is 5.40. The second-order valence-electron chi connectivity index (χ2n) is 4.08. The SMILES string of the molecule is CNc1ccc(Cl)c(C(=O)Nc2cc(Br)ccc2OC)n1. The molecule has 2 aromatic rings. The van der Waals surface area contributed by atoms with Gasteiger partial charge in [-0.15, -0.1) is 0 Å². The lowest BCUT2D eigenvalue weighted by Crippen LogP contribution is -2.15. The number of carbonyl (C=O) groups excluding carboxylic acids is 1. The minimum absolute atomic E-state index is 0.144. The molecule has 2 rings (SSSR count). The largest absolute Gasteiger partial charge is 0.495 e. The van der Waals surface area contributed by atoms with Crippen molar-refractivity contribution in [2.24, 2.45) is 0 Å². The Balaban J connectivity index is 2.32. The molecule has 110 valence electrons. The van der Waals surface area contributed by atoms with Crippen LogP contribution in [0, 0.1) is 0 Å². The summed E-state index contributed by atoms with van der Waals surface area (Å²) in [6.07, 6.45) is 0. The molecule has 0 unspecified atom stereocenters. The van der Waals surface area contributed by atoms with E-state index in [0.29, 0.717) is 17.3 Å². The molecule has 0 bridgehead atoms. The third-order valence-corrected chi connectivity index (χ3v) is 3.53. The lowest BCUT2D eigenvalue weighted by Gasteiger charge is -2.11. The van der Waals surface area contributed by atoms with Crippen LogP contribution >= 0.6 is 27.5 Å².